The number of imide groups is 1. The second kappa shape index (κ2) is 7.76. The summed E-state index contributed by atoms with van der Waals surface area (Å²) >= 11 is 6.79. The average Bonchev–Trinajstić information content (AvgIpc) is 2.89. The van der Waals surface area contributed by atoms with Crippen LogP contribution in [-0.2, 0) is 4.79 Å². The SMILES string of the molecule is CCCOc1ccccc1/C=C1\SC(=O)N(c2ccc(Cl)cc2)C1=O. The minimum Gasteiger partial charge on any atom is -0.493 e. The standard InChI is InChI=1S/C19H16ClNO3S/c1-2-11-24-16-6-4-3-5-13(16)12-17-18(22)21(19(23)25-17)15-9-7-14(20)8-10-15/h3-10,12H,2,11H2,1H3/b17-12-. The molecule has 2 amide bonds. The molecule has 0 aliphatic carbocycles. The molecule has 1 aliphatic heterocycles. The molecule has 0 N–H and O–H groups in total. The normalized spacial score (nSPS) is 15.9. The van der Waals surface area contributed by atoms with Gasteiger partial charge in [0, 0.05) is 10.6 Å². The highest BCUT2D eigenvalue weighted by atomic mass is 35.5. The van der Waals surface area contributed by atoms with Crippen LogP contribution < -0.4 is 9.64 Å². The number of hydrogen-bond donors (Lipinski definition) is 0. The first-order chi connectivity index (χ1) is 12.1. The zero-order valence-corrected chi connectivity index (χ0v) is 15.1. The van der Waals surface area contributed by atoms with Crippen molar-refractivity contribution in [3.05, 3.63) is 64.0 Å². The van der Waals surface area contributed by atoms with Crippen LogP contribution in [0.4, 0.5) is 10.5 Å². The van der Waals surface area contributed by atoms with Crippen LogP contribution in [0, 0.1) is 0 Å². The molecule has 0 saturated carbocycles. The van der Waals surface area contributed by atoms with Crippen LogP contribution in [0.3, 0.4) is 0 Å². The van der Waals surface area contributed by atoms with Gasteiger partial charge in [0.05, 0.1) is 17.2 Å². The average molecular weight is 374 g/mol. The summed E-state index contributed by atoms with van der Waals surface area (Å²) in [4.78, 5) is 26.5. The van der Waals surface area contributed by atoms with E-state index in [-0.39, 0.29) is 11.1 Å². The summed E-state index contributed by atoms with van der Waals surface area (Å²) in [5.41, 5.74) is 1.28. The Hall–Kier alpha value is -2.24. The second-order valence-corrected chi connectivity index (χ2v) is 6.81. The molecule has 0 radical (unpaired) electrons. The van der Waals surface area contributed by atoms with Crippen LogP contribution >= 0.6 is 23.4 Å². The lowest BCUT2D eigenvalue weighted by Crippen LogP contribution is -2.27. The Morgan fingerprint density at radius 2 is 1.84 bits per heavy atom. The fourth-order valence-corrected chi connectivity index (χ4v) is 3.32. The number of hydrogen-bond acceptors (Lipinski definition) is 4. The maximum Gasteiger partial charge on any atom is 0.298 e. The van der Waals surface area contributed by atoms with Gasteiger partial charge in [0.1, 0.15) is 5.75 Å². The number of para-hydroxylation sites is 1. The molecule has 0 spiro atoms. The lowest BCUT2D eigenvalue weighted by atomic mass is 10.2. The third-order valence-electron chi connectivity index (χ3n) is 3.55. The Bertz CT molecular complexity index is 833. The number of carbonyl (C=O) groups excluding carboxylic acids is 2. The number of halogens is 1. The van der Waals surface area contributed by atoms with E-state index in [1.165, 1.54) is 0 Å². The molecular weight excluding hydrogens is 358 g/mol. The van der Waals surface area contributed by atoms with Crippen LogP contribution in [-0.4, -0.2) is 17.8 Å². The highest BCUT2D eigenvalue weighted by Crippen LogP contribution is 2.37. The number of thioether (sulfide) groups is 1. The van der Waals surface area contributed by atoms with E-state index in [0.717, 1.165) is 28.6 Å². The van der Waals surface area contributed by atoms with Crippen LogP contribution in [0.1, 0.15) is 18.9 Å². The molecule has 0 bridgehead atoms. The molecule has 1 heterocycles. The molecule has 1 fully saturated rings. The number of amides is 2. The van der Waals surface area contributed by atoms with E-state index >= 15 is 0 Å². The van der Waals surface area contributed by atoms with Crippen molar-refractivity contribution in [2.45, 2.75) is 13.3 Å². The molecule has 128 valence electrons. The molecule has 1 aliphatic rings. The van der Waals surface area contributed by atoms with Gasteiger partial charge in [-0.1, -0.05) is 36.7 Å². The monoisotopic (exact) mass is 373 g/mol. The van der Waals surface area contributed by atoms with E-state index in [1.54, 1.807) is 30.3 Å². The summed E-state index contributed by atoms with van der Waals surface area (Å²) in [7, 11) is 0. The van der Waals surface area contributed by atoms with Gasteiger partial charge in [-0.3, -0.25) is 9.59 Å². The van der Waals surface area contributed by atoms with Gasteiger partial charge in [-0.05, 0) is 54.6 Å². The fourth-order valence-electron chi connectivity index (χ4n) is 2.36. The lowest BCUT2D eigenvalue weighted by Gasteiger charge is -2.12. The fraction of sp³-hybridized carbons (Fsp3) is 0.158. The highest BCUT2D eigenvalue weighted by Gasteiger charge is 2.36. The minimum atomic E-state index is -0.345. The Balaban J connectivity index is 1.89. The first-order valence-corrected chi connectivity index (χ1v) is 9.05. The topological polar surface area (TPSA) is 46.6 Å². The van der Waals surface area contributed by atoms with Crippen LogP contribution in [0.15, 0.2) is 53.4 Å². The van der Waals surface area contributed by atoms with Crippen molar-refractivity contribution in [1.82, 2.24) is 0 Å². The molecule has 1 saturated heterocycles. The molecular formula is C19H16ClNO3S. The lowest BCUT2D eigenvalue weighted by molar-refractivity contribution is -0.113. The van der Waals surface area contributed by atoms with Gasteiger partial charge in [-0.25, -0.2) is 4.90 Å². The molecule has 2 aromatic carbocycles. The van der Waals surface area contributed by atoms with E-state index < -0.39 is 0 Å². The maximum absolute atomic E-state index is 12.7. The quantitative estimate of drug-likeness (QED) is 0.661. The molecule has 0 atom stereocenters. The number of benzene rings is 2. The van der Waals surface area contributed by atoms with Crippen molar-refractivity contribution in [1.29, 1.82) is 0 Å². The molecule has 0 aromatic heterocycles. The minimum absolute atomic E-state index is 0.328. The summed E-state index contributed by atoms with van der Waals surface area (Å²) in [6.45, 7) is 2.62. The molecule has 25 heavy (non-hydrogen) atoms. The maximum atomic E-state index is 12.7. The van der Waals surface area contributed by atoms with E-state index in [2.05, 4.69) is 0 Å². The number of rotatable bonds is 5. The number of carbonyl (C=O) groups is 2. The first kappa shape index (κ1) is 17.6. The van der Waals surface area contributed by atoms with E-state index in [4.69, 9.17) is 16.3 Å². The Morgan fingerprint density at radius 1 is 1.12 bits per heavy atom. The summed E-state index contributed by atoms with van der Waals surface area (Å²) in [5.74, 6) is 0.352. The van der Waals surface area contributed by atoms with Gasteiger partial charge in [0.25, 0.3) is 11.1 Å². The van der Waals surface area contributed by atoms with E-state index in [9.17, 15) is 9.59 Å². The van der Waals surface area contributed by atoms with Crippen molar-refractivity contribution < 1.29 is 14.3 Å². The molecule has 3 rings (SSSR count). The molecule has 4 nitrogen and oxygen atoms in total. The predicted octanol–water partition coefficient (Wildman–Crippen LogP) is 5.37. The molecule has 0 unspecified atom stereocenters. The summed E-state index contributed by atoms with van der Waals surface area (Å²) in [6, 6.07) is 14.1. The zero-order chi connectivity index (χ0) is 17.8. The van der Waals surface area contributed by atoms with Gasteiger partial charge in [0.2, 0.25) is 0 Å². The van der Waals surface area contributed by atoms with Gasteiger partial charge >= 0.3 is 0 Å². The van der Waals surface area contributed by atoms with Gasteiger partial charge in [0.15, 0.2) is 0 Å². The predicted molar refractivity (Wildman–Crippen MR) is 102 cm³/mol. The van der Waals surface area contributed by atoms with E-state index in [0.29, 0.717) is 28.0 Å². The van der Waals surface area contributed by atoms with Crippen molar-refractivity contribution >= 4 is 46.3 Å². The van der Waals surface area contributed by atoms with Crippen LogP contribution in [0.5, 0.6) is 5.75 Å². The highest BCUT2D eigenvalue weighted by molar-refractivity contribution is 8.19. The zero-order valence-electron chi connectivity index (χ0n) is 13.6. The summed E-state index contributed by atoms with van der Waals surface area (Å²) < 4.78 is 5.70. The van der Waals surface area contributed by atoms with Crippen molar-refractivity contribution in [2.24, 2.45) is 0 Å². The molecule has 2 aromatic rings. The van der Waals surface area contributed by atoms with Crippen molar-refractivity contribution in [3.8, 4) is 5.75 Å². The first-order valence-electron chi connectivity index (χ1n) is 7.85. The van der Waals surface area contributed by atoms with Crippen molar-refractivity contribution in [2.75, 3.05) is 11.5 Å². The summed E-state index contributed by atoms with van der Waals surface area (Å²) in [5, 5.41) is 0.221. The summed E-state index contributed by atoms with van der Waals surface area (Å²) in [6.07, 6.45) is 2.59. The largest absolute Gasteiger partial charge is 0.493 e. The number of anilines is 1. The Morgan fingerprint density at radius 3 is 2.56 bits per heavy atom. The Labute approximate surface area is 155 Å². The third kappa shape index (κ3) is 3.89. The van der Waals surface area contributed by atoms with Gasteiger partial charge in [-0.15, -0.1) is 0 Å². The van der Waals surface area contributed by atoms with Crippen LogP contribution in [0.2, 0.25) is 5.02 Å². The smallest absolute Gasteiger partial charge is 0.298 e. The van der Waals surface area contributed by atoms with E-state index in [1.807, 2.05) is 31.2 Å². The third-order valence-corrected chi connectivity index (χ3v) is 4.67. The number of nitrogens with zero attached hydrogens (tertiary/aromatic N) is 1. The van der Waals surface area contributed by atoms with Crippen LogP contribution in [0.25, 0.3) is 6.08 Å². The van der Waals surface area contributed by atoms with Crippen molar-refractivity contribution in [3.63, 3.8) is 0 Å². The van der Waals surface area contributed by atoms with Gasteiger partial charge in [-0.2, -0.15) is 0 Å². The second-order valence-electron chi connectivity index (χ2n) is 5.38. The Kier molecular flexibility index (Phi) is 5.46. The number of ether oxygens (including phenoxy) is 1. The molecule has 6 heteroatoms. The van der Waals surface area contributed by atoms with Gasteiger partial charge < -0.3 is 4.74 Å².